The van der Waals surface area contributed by atoms with E-state index in [2.05, 4.69) is 5.32 Å². The van der Waals surface area contributed by atoms with Crippen LogP contribution < -0.4 is 23.8 Å². The highest BCUT2D eigenvalue weighted by Gasteiger charge is 2.30. The second-order valence-electron chi connectivity index (χ2n) is 9.38. The summed E-state index contributed by atoms with van der Waals surface area (Å²) in [7, 11) is -3.93. The Bertz CT molecular complexity index is 1640. The fraction of sp³-hybridized carbons (Fsp3) is 0.321. The third kappa shape index (κ3) is 6.75. The first kappa shape index (κ1) is 31.4. The van der Waals surface area contributed by atoms with Crippen LogP contribution in [0.5, 0.6) is 17.2 Å². The molecule has 3 aromatic carbocycles. The molecule has 0 radical (unpaired) electrons. The number of ether oxygens (including phenoxy) is 3. The van der Waals surface area contributed by atoms with E-state index in [9.17, 15) is 21.6 Å². The standard InChI is InChI=1S/C28H32ClN3O8S2/c1-38-25-13-11-22(41(34,35)31-15-5-4-6-16-31)17-24(25)30-28(33)19-32(21-9-7-20(29)8-10-21)42(36,37)23-12-14-26(39-2)27(18-23)40-3/h7-14,17-18H,4-6,15-16,19H2,1-3H3,(H,30,33). The average molecular weight is 638 g/mol. The Morgan fingerprint density at radius 3 is 2.02 bits per heavy atom. The largest absolute Gasteiger partial charge is 0.495 e. The molecule has 42 heavy (non-hydrogen) atoms. The molecule has 0 bridgehead atoms. The van der Waals surface area contributed by atoms with Crippen LogP contribution in [0.3, 0.4) is 0 Å². The summed E-state index contributed by atoms with van der Waals surface area (Å²) >= 11 is 6.03. The normalized spacial score (nSPS) is 14.2. The van der Waals surface area contributed by atoms with Gasteiger partial charge in [-0.2, -0.15) is 4.31 Å². The minimum Gasteiger partial charge on any atom is -0.495 e. The number of carbonyl (C=O) groups is 1. The molecule has 0 spiro atoms. The van der Waals surface area contributed by atoms with Crippen molar-refractivity contribution in [3.8, 4) is 17.2 Å². The van der Waals surface area contributed by atoms with E-state index in [0.717, 1.165) is 23.6 Å². The minimum atomic E-state index is -4.31. The number of benzene rings is 3. The zero-order valence-corrected chi connectivity index (χ0v) is 25.8. The van der Waals surface area contributed by atoms with Crippen molar-refractivity contribution in [2.24, 2.45) is 0 Å². The fourth-order valence-electron chi connectivity index (χ4n) is 4.55. The number of amides is 1. The van der Waals surface area contributed by atoms with E-state index in [1.807, 2.05) is 0 Å². The molecule has 0 aliphatic carbocycles. The fourth-order valence-corrected chi connectivity index (χ4v) is 7.65. The van der Waals surface area contributed by atoms with Crippen molar-refractivity contribution in [3.05, 3.63) is 65.7 Å². The zero-order valence-electron chi connectivity index (χ0n) is 23.4. The van der Waals surface area contributed by atoms with Crippen LogP contribution in [0.15, 0.2) is 70.5 Å². The van der Waals surface area contributed by atoms with Crippen molar-refractivity contribution in [2.75, 3.05) is 50.6 Å². The number of rotatable bonds is 11. The van der Waals surface area contributed by atoms with Gasteiger partial charge in [0.1, 0.15) is 12.3 Å². The van der Waals surface area contributed by atoms with Gasteiger partial charge in [0.15, 0.2) is 11.5 Å². The van der Waals surface area contributed by atoms with Crippen molar-refractivity contribution < 1.29 is 35.8 Å². The molecule has 1 saturated heterocycles. The molecule has 1 heterocycles. The lowest BCUT2D eigenvalue weighted by molar-refractivity contribution is -0.114. The second kappa shape index (κ2) is 13.2. The maximum Gasteiger partial charge on any atom is 0.264 e. The van der Waals surface area contributed by atoms with Crippen molar-refractivity contribution in [1.82, 2.24) is 4.31 Å². The van der Waals surface area contributed by atoms with Crippen LogP contribution in [0.25, 0.3) is 0 Å². The topological polar surface area (TPSA) is 132 Å². The van der Waals surface area contributed by atoms with E-state index in [4.69, 9.17) is 25.8 Å². The van der Waals surface area contributed by atoms with E-state index in [-0.39, 0.29) is 32.7 Å². The Hall–Kier alpha value is -3.52. The van der Waals surface area contributed by atoms with E-state index >= 15 is 0 Å². The Labute approximate surface area is 251 Å². The minimum absolute atomic E-state index is 0.00648. The van der Waals surface area contributed by atoms with Crippen LogP contribution in [0.1, 0.15) is 19.3 Å². The SMILES string of the molecule is COc1ccc(S(=O)(=O)N2CCCCC2)cc1NC(=O)CN(c1ccc(Cl)cc1)S(=O)(=O)c1ccc(OC)c(OC)c1. The number of sulfonamides is 2. The molecule has 0 aromatic heterocycles. The molecule has 0 unspecified atom stereocenters. The average Bonchev–Trinajstić information content (AvgIpc) is 3.00. The predicted molar refractivity (Wildman–Crippen MR) is 160 cm³/mol. The molecular weight excluding hydrogens is 606 g/mol. The number of anilines is 2. The summed E-state index contributed by atoms with van der Waals surface area (Å²) < 4.78 is 72.4. The highest BCUT2D eigenvalue weighted by Crippen LogP contribution is 2.33. The molecule has 11 nitrogen and oxygen atoms in total. The first-order valence-corrected chi connectivity index (χ1v) is 16.3. The summed E-state index contributed by atoms with van der Waals surface area (Å²) in [6.45, 7) is 0.185. The van der Waals surface area contributed by atoms with Gasteiger partial charge in [0.25, 0.3) is 10.0 Å². The number of hydrogen-bond donors (Lipinski definition) is 1. The molecule has 1 aliphatic rings. The summed E-state index contributed by atoms with van der Waals surface area (Å²) in [6.07, 6.45) is 2.51. The molecule has 3 aromatic rings. The lowest BCUT2D eigenvalue weighted by Crippen LogP contribution is -2.38. The van der Waals surface area contributed by atoms with Crippen molar-refractivity contribution >= 4 is 48.9 Å². The summed E-state index contributed by atoms with van der Waals surface area (Å²) in [4.78, 5) is 13.2. The number of carbonyl (C=O) groups excluding carboxylic acids is 1. The van der Waals surface area contributed by atoms with E-state index in [1.165, 1.54) is 86.3 Å². The van der Waals surface area contributed by atoms with Crippen molar-refractivity contribution in [2.45, 2.75) is 29.1 Å². The van der Waals surface area contributed by atoms with E-state index < -0.39 is 32.5 Å². The van der Waals surface area contributed by atoms with Gasteiger partial charge < -0.3 is 19.5 Å². The van der Waals surface area contributed by atoms with E-state index in [0.29, 0.717) is 23.9 Å². The first-order chi connectivity index (χ1) is 20.0. The quantitative estimate of drug-likeness (QED) is 0.328. The van der Waals surface area contributed by atoms with Crippen molar-refractivity contribution in [3.63, 3.8) is 0 Å². The molecule has 4 rings (SSSR count). The van der Waals surface area contributed by atoms with Gasteiger partial charge in [-0.15, -0.1) is 0 Å². The van der Waals surface area contributed by atoms with Gasteiger partial charge in [0.2, 0.25) is 15.9 Å². The van der Waals surface area contributed by atoms with Crippen LogP contribution in [0.2, 0.25) is 5.02 Å². The number of nitrogens with zero attached hydrogens (tertiary/aromatic N) is 2. The smallest absolute Gasteiger partial charge is 0.264 e. The number of piperidine rings is 1. The van der Waals surface area contributed by atoms with Gasteiger partial charge in [0.05, 0.1) is 42.5 Å². The van der Waals surface area contributed by atoms with Gasteiger partial charge >= 0.3 is 0 Å². The van der Waals surface area contributed by atoms with E-state index in [1.54, 1.807) is 0 Å². The third-order valence-electron chi connectivity index (χ3n) is 6.74. The lowest BCUT2D eigenvalue weighted by atomic mass is 10.2. The summed E-state index contributed by atoms with van der Waals surface area (Å²) in [6, 6.07) is 14.2. The molecule has 1 N–H and O–H groups in total. The molecule has 1 aliphatic heterocycles. The molecule has 14 heteroatoms. The third-order valence-corrected chi connectivity index (χ3v) is 10.7. The van der Waals surface area contributed by atoms with Crippen molar-refractivity contribution in [1.29, 1.82) is 0 Å². The van der Waals surface area contributed by atoms with Crippen LogP contribution in [0.4, 0.5) is 11.4 Å². The maximum absolute atomic E-state index is 13.9. The highest BCUT2D eigenvalue weighted by atomic mass is 35.5. The van der Waals surface area contributed by atoms with Crippen LogP contribution in [-0.4, -0.2) is 68.0 Å². The number of nitrogens with one attached hydrogen (secondary N) is 1. The van der Waals surface area contributed by atoms with Gasteiger partial charge in [-0.25, -0.2) is 16.8 Å². The monoisotopic (exact) mass is 637 g/mol. The molecular formula is C28H32ClN3O8S2. The second-order valence-corrected chi connectivity index (χ2v) is 13.6. The number of hydrogen-bond acceptors (Lipinski definition) is 8. The maximum atomic E-state index is 13.9. The Morgan fingerprint density at radius 1 is 0.810 bits per heavy atom. The Morgan fingerprint density at radius 2 is 1.40 bits per heavy atom. The van der Waals surface area contributed by atoms with Gasteiger partial charge in [-0.05, 0) is 67.4 Å². The zero-order chi connectivity index (χ0) is 30.5. The molecule has 1 fully saturated rings. The molecule has 0 atom stereocenters. The summed E-state index contributed by atoms with van der Waals surface area (Å²) in [5.41, 5.74) is 0.262. The van der Waals surface area contributed by atoms with Gasteiger partial charge in [-0.3, -0.25) is 9.10 Å². The number of methoxy groups -OCH3 is 3. The van der Waals surface area contributed by atoms with Crippen LogP contribution in [-0.2, 0) is 24.8 Å². The highest BCUT2D eigenvalue weighted by molar-refractivity contribution is 7.92. The summed E-state index contributed by atoms with van der Waals surface area (Å²) in [5.74, 6) is -0.00387. The van der Waals surface area contributed by atoms with Crippen LogP contribution in [0, 0.1) is 0 Å². The van der Waals surface area contributed by atoms with Gasteiger partial charge in [-0.1, -0.05) is 18.0 Å². The number of halogens is 1. The molecule has 226 valence electrons. The lowest BCUT2D eigenvalue weighted by Gasteiger charge is -2.26. The van der Waals surface area contributed by atoms with Gasteiger partial charge in [0, 0.05) is 24.2 Å². The Kier molecular flexibility index (Phi) is 9.87. The summed E-state index contributed by atoms with van der Waals surface area (Å²) in [5, 5.41) is 3.01. The predicted octanol–water partition coefficient (Wildman–Crippen LogP) is 4.37. The molecule has 1 amide bonds. The Balaban J connectivity index is 1.67. The first-order valence-electron chi connectivity index (χ1n) is 13.0. The molecule has 0 saturated carbocycles. The van der Waals surface area contributed by atoms with Crippen LogP contribution >= 0.6 is 11.6 Å².